The number of hydrazine groups is 1. The molecule has 0 saturated heterocycles. The standard InChI is InChI=1S/C12H20N2.ClH/c1-8-6-10(12(3,4)5)7-9(2)11(8)14-13;/h6-7,14H,13H2,1-5H3;1H. The Morgan fingerprint density at radius 1 is 1.07 bits per heavy atom. The molecule has 0 aliphatic heterocycles. The van der Waals surface area contributed by atoms with Crippen LogP contribution < -0.4 is 11.3 Å². The quantitative estimate of drug-likeness (QED) is 0.572. The predicted octanol–water partition coefficient (Wildman–Crippen LogP) is 3.31. The molecule has 0 spiro atoms. The highest BCUT2D eigenvalue weighted by atomic mass is 35.5. The van der Waals surface area contributed by atoms with Gasteiger partial charge in [0.25, 0.3) is 0 Å². The zero-order chi connectivity index (χ0) is 10.9. The van der Waals surface area contributed by atoms with Crippen LogP contribution in [-0.2, 0) is 5.41 Å². The first-order chi connectivity index (χ1) is 6.36. The number of anilines is 1. The second-order valence-electron chi connectivity index (χ2n) is 4.88. The van der Waals surface area contributed by atoms with Crippen molar-refractivity contribution in [3.63, 3.8) is 0 Å². The molecule has 0 atom stereocenters. The average Bonchev–Trinajstić information content (AvgIpc) is 2.01. The fourth-order valence-corrected chi connectivity index (χ4v) is 1.62. The number of halogens is 1. The van der Waals surface area contributed by atoms with Gasteiger partial charge >= 0.3 is 0 Å². The Morgan fingerprint density at radius 2 is 1.47 bits per heavy atom. The van der Waals surface area contributed by atoms with Gasteiger partial charge in [0.1, 0.15) is 0 Å². The minimum absolute atomic E-state index is 0. The SMILES string of the molecule is Cc1cc(C(C)(C)C)cc(C)c1NN.Cl. The minimum atomic E-state index is 0. The van der Waals surface area contributed by atoms with Gasteiger partial charge in [0.2, 0.25) is 0 Å². The van der Waals surface area contributed by atoms with Crippen molar-refractivity contribution in [1.82, 2.24) is 0 Å². The summed E-state index contributed by atoms with van der Waals surface area (Å²) in [6.07, 6.45) is 0. The summed E-state index contributed by atoms with van der Waals surface area (Å²) in [6.45, 7) is 10.8. The molecule has 0 aliphatic carbocycles. The van der Waals surface area contributed by atoms with Crippen LogP contribution in [0.25, 0.3) is 0 Å². The predicted molar refractivity (Wildman–Crippen MR) is 69.7 cm³/mol. The third-order valence-corrected chi connectivity index (χ3v) is 2.54. The molecule has 1 aromatic rings. The molecule has 15 heavy (non-hydrogen) atoms. The molecule has 3 heteroatoms. The number of benzene rings is 1. The highest BCUT2D eigenvalue weighted by Crippen LogP contribution is 2.28. The summed E-state index contributed by atoms with van der Waals surface area (Å²) in [5.41, 5.74) is 7.74. The van der Waals surface area contributed by atoms with Crippen molar-refractivity contribution in [1.29, 1.82) is 0 Å². The topological polar surface area (TPSA) is 38.0 Å². The summed E-state index contributed by atoms with van der Waals surface area (Å²) >= 11 is 0. The fraction of sp³-hybridized carbons (Fsp3) is 0.500. The van der Waals surface area contributed by atoms with Crippen LogP contribution in [0.3, 0.4) is 0 Å². The van der Waals surface area contributed by atoms with E-state index in [1.807, 2.05) is 0 Å². The Kier molecular flexibility index (Phi) is 4.63. The van der Waals surface area contributed by atoms with Crippen molar-refractivity contribution < 1.29 is 0 Å². The maximum atomic E-state index is 5.46. The second-order valence-corrected chi connectivity index (χ2v) is 4.88. The third-order valence-electron chi connectivity index (χ3n) is 2.54. The van der Waals surface area contributed by atoms with Crippen LogP contribution >= 0.6 is 12.4 Å². The molecule has 0 heterocycles. The molecule has 86 valence electrons. The van der Waals surface area contributed by atoms with Crippen molar-refractivity contribution in [3.05, 3.63) is 28.8 Å². The van der Waals surface area contributed by atoms with Crippen molar-refractivity contribution in [2.45, 2.75) is 40.0 Å². The summed E-state index contributed by atoms with van der Waals surface area (Å²) in [4.78, 5) is 0. The van der Waals surface area contributed by atoms with Gasteiger partial charge in [-0.15, -0.1) is 12.4 Å². The van der Waals surface area contributed by atoms with Gasteiger partial charge in [-0.1, -0.05) is 32.9 Å². The molecule has 0 unspecified atom stereocenters. The van der Waals surface area contributed by atoms with E-state index in [4.69, 9.17) is 5.84 Å². The van der Waals surface area contributed by atoms with Crippen molar-refractivity contribution in [2.75, 3.05) is 5.43 Å². The van der Waals surface area contributed by atoms with E-state index in [0.29, 0.717) is 0 Å². The zero-order valence-corrected chi connectivity index (χ0v) is 11.0. The number of hydrogen-bond acceptors (Lipinski definition) is 2. The number of hydrogen-bond donors (Lipinski definition) is 2. The number of rotatable bonds is 1. The molecular weight excluding hydrogens is 208 g/mol. The van der Waals surface area contributed by atoms with E-state index in [2.05, 4.69) is 52.2 Å². The van der Waals surface area contributed by atoms with Crippen LogP contribution in [0.1, 0.15) is 37.5 Å². The highest BCUT2D eigenvalue weighted by molar-refractivity contribution is 5.85. The Labute approximate surface area is 98.6 Å². The highest BCUT2D eigenvalue weighted by Gasteiger charge is 2.15. The molecule has 1 rings (SSSR count). The number of nitrogen functional groups attached to an aromatic ring is 1. The van der Waals surface area contributed by atoms with Crippen LogP contribution in [0, 0.1) is 13.8 Å². The van der Waals surface area contributed by atoms with Gasteiger partial charge in [-0.25, -0.2) is 0 Å². The number of nitrogens with one attached hydrogen (secondary N) is 1. The van der Waals surface area contributed by atoms with Crippen LogP contribution in [0.15, 0.2) is 12.1 Å². The van der Waals surface area contributed by atoms with Gasteiger partial charge in [0.15, 0.2) is 0 Å². The molecule has 0 saturated carbocycles. The smallest absolute Gasteiger partial charge is 0.0543 e. The van der Waals surface area contributed by atoms with Crippen LogP contribution in [0.5, 0.6) is 0 Å². The Hall–Kier alpha value is -0.730. The van der Waals surface area contributed by atoms with Crippen molar-refractivity contribution in [3.8, 4) is 0 Å². The van der Waals surface area contributed by atoms with Gasteiger partial charge in [-0.3, -0.25) is 5.84 Å². The first-order valence-electron chi connectivity index (χ1n) is 4.94. The lowest BCUT2D eigenvalue weighted by Gasteiger charge is -2.22. The molecule has 2 nitrogen and oxygen atoms in total. The molecule has 0 aliphatic rings. The van der Waals surface area contributed by atoms with E-state index >= 15 is 0 Å². The molecule has 1 aromatic carbocycles. The van der Waals surface area contributed by atoms with Gasteiger partial charge in [0.05, 0.1) is 5.69 Å². The Morgan fingerprint density at radius 3 is 1.73 bits per heavy atom. The van der Waals surface area contributed by atoms with Gasteiger partial charge in [-0.2, -0.15) is 0 Å². The maximum absolute atomic E-state index is 5.46. The van der Waals surface area contributed by atoms with Crippen molar-refractivity contribution in [2.24, 2.45) is 5.84 Å². The van der Waals surface area contributed by atoms with Crippen LogP contribution in [-0.4, -0.2) is 0 Å². The van der Waals surface area contributed by atoms with E-state index in [1.54, 1.807) is 0 Å². The average molecular weight is 229 g/mol. The van der Waals surface area contributed by atoms with Gasteiger partial charge in [-0.05, 0) is 36.0 Å². The van der Waals surface area contributed by atoms with E-state index in [1.165, 1.54) is 16.7 Å². The second kappa shape index (κ2) is 4.86. The van der Waals surface area contributed by atoms with Crippen molar-refractivity contribution >= 4 is 18.1 Å². The van der Waals surface area contributed by atoms with Gasteiger partial charge < -0.3 is 5.43 Å². The lowest BCUT2D eigenvalue weighted by molar-refractivity contribution is 0.589. The number of nitrogens with two attached hydrogens (primary N) is 1. The Bertz CT molecular complexity index is 317. The number of aryl methyl sites for hydroxylation is 2. The summed E-state index contributed by atoms with van der Waals surface area (Å²) < 4.78 is 0. The normalized spacial score (nSPS) is 10.8. The fourth-order valence-electron chi connectivity index (χ4n) is 1.62. The molecule has 3 N–H and O–H groups in total. The monoisotopic (exact) mass is 228 g/mol. The summed E-state index contributed by atoms with van der Waals surface area (Å²) in [7, 11) is 0. The lowest BCUT2D eigenvalue weighted by Crippen LogP contribution is -2.14. The summed E-state index contributed by atoms with van der Waals surface area (Å²) in [5, 5.41) is 0. The van der Waals surface area contributed by atoms with E-state index < -0.39 is 0 Å². The van der Waals surface area contributed by atoms with Crippen LogP contribution in [0.4, 0.5) is 5.69 Å². The molecule has 0 aromatic heterocycles. The molecule has 0 radical (unpaired) electrons. The summed E-state index contributed by atoms with van der Waals surface area (Å²) in [5.74, 6) is 5.46. The lowest BCUT2D eigenvalue weighted by atomic mass is 9.85. The first-order valence-corrected chi connectivity index (χ1v) is 4.94. The van der Waals surface area contributed by atoms with E-state index in [-0.39, 0.29) is 17.8 Å². The van der Waals surface area contributed by atoms with E-state index in [9.17, 15) is 0 Å². The molecule has 0 bridgehead atoms. The zero-order valence-electron chi connectivity index (χ0n) is 10.1. The minimum Gasteiger partial charge on any atom is -0.324 e. The third kappa shape index (κ3) is 3.11. The van der Waals surface area contributed by atoms with Gasteiger partial charge in [0, 0.05) is 0 Å². The van der Waals surface area contributed by atoms with Crippen LogP contribution in [0.2, 0.25) is 0 Å². The summed E-state index contributed by atoms with van der Waals surface area (Å²) in [6, 6.07) is 4.39. The van der Waals surface area contributed by atoms with E-state index in [0.717, 1.165) is 5.69 Å². The first kappa shape index (κ1) is 14.3. The molecule has 0 amide bonds. The molecule has 0 fully saturated rings. The largest absolute Gasteiger partial charge is 0.324 e. The Balaban J connectivity index is 0.00000196. The molecular formula is C12H21ClN2. The maximum Gasteiger partial charge on any atom is 0.0543 e.